The molecule has 96 valence electrons. The zero-order chi connectivity index (χ0) is 13.1. The van der Waals surface area contributed by atoms with Crippen molar-refractivity contribution in [3.8, 4) is 0 Å². The third-order valence-electron chi connectivity index (χ3n) is 2.27. The quantitative estimate of drug-likeness (QED) is 0.790. The lowest BCUT2D eigenvalue weighted by Gasteiger charge is -2.04. The number of nitrogen functional groups attached to an aromatic ring is 1. The minimum atomic E-state index is -0.238. The average Bonchev–Trinajstić information content (AvgIpc) is 2.92. The van der Waals surface area contributed by atoms with E-state index >= 15 is 0 Å². The van der Waals surface area contributed by atoms with Crippen molar-refractivity contribution in [3.63, 3.8) is 0 Å². The molecule has 6 nitrogen and oxygen atoms in total. The molecule has 2 rings (SSSR count). The van der Waals surface area contributed by atoms with Crippen LogP contribution in [0.5, 0.6) is 0 Å². The first-order valence-corrected chi connectivity index (χ1v) is 6.89. The lowest BCUT2D eigenvalue weighted by Crippen LogP contribution is -2.20. The normalized spacial score (nSPS) is 10.3. The van der Waals surface area contributed by atoms with E-state index in [2.05, 4.69) is 20.0 Å². The highest BCUT2D eigenvalue weighted by atomic mass is 32.1. The van der Waals surface area contributed by atoms with Gasteiger partial charge in [0, 0.05) is 12.4 Å². The monoisotopic (exact) mass is 283 g/mol. The molecule has 0 aliphatic carbocycles. The summed E-state index contributed by atoms with van der Waals surface area (Å²) in [5, 5.41) is 9.34. The molecule has 0 aliphatic heterocycles. The predicted molar refractivity (Wildman–Crippen MR) is 74.1 cm³/mol. The Labute approximate surface area is 112 Å². The van der Waals surface area contributed by atoms with Crippen LogP contribution >= 0.6 is 22.9 Å². The Morgan fingerprint density at radius 1 is 1.56 bits per heavy atom. The number of rotatable bonds is 4. The summed E-state index contributed by atoms with van der Waals surface area (Å²) in [6, 6.07) is 0. The Balaban J connectivity index is 2.12. The fraction of sp³-hybridized carbons (Fsp3) is 0.300. The largest absolute Gasteiger partial charge is 0.382 e. The molecular formula is C10H13N5OS2. The van der Waals surface area contributed by atoms with Crippen molar-refractivity contribution in [1.29, 1.82) is 0 Å². The van der Waals surface area contributed by atoms with Crippen LogP contribution in [-0.4, -0.2) is 22.3 Å². The average molecular weight is 283 g/mol. The molecule has 0 saturated heterocycles. The molecule has 0 bridgehead atoms. The number of anilines is 2. The molecule has 2 aromatic rings. The zero-order valence-corrected chi connectivity index (χ0v) is 11.6. The highest BCUT2D eigenvalue weighted by Gasteiger charge is 2.18. The van der Waals surface area contributed by atoms with E-state index in [0.717, 1.165) is 10.7 Å². The van der Waals surface area contributed by atoms with Crippen molar-refractivity contribution in [2.24, 2.45) is 0 Å². The number of thiazole rings is 1. The number of nitrogens with zero attached hydrogens (tertiary/aromatic N) is 2. The number of carbonyl (C=O) groups is 1. The van der Waals surface area contributed by atoms with Crippen LogP contribution < -0.4 is 16.4 Å². The second-order valence-corrected chi connectivity index (χ2v) is 5.40. The minimum Gasteiger partial charge on any atom is -0.382 e. The van der Waals surface area contributed by atoms with Crippen molar-refractivity contribution in [1.82, 2.24) is 14.7 Å². The molecule has 0 saturated carbocycles. The van der Waals surface area contributed by atoms with Crippen LogP contribution in [0.1, 0.15) is 21.1 Å². The first-order valence-electron chi connectivity index (χ1n) is 5.24. The van der Waals surface area contributed by atoms with Gasteiger partial charge in [-0.3, -0.25) is 4.79 Å². The second kappa shape index (κ2) is 5.32. The number of amides is 1. The third-order valence-corrected chi connectivity index (χ3v) is 3.91. The molecule has 0 aliphatic rings. The zero-order valence-electron chi connectivity index (χ0n) is 9.98. The third kappa shape index (κ3) is 2.59. The number of aromatic nitrogens is 2. The second-order valence-electron chi connectivity index (χ2n) is 3.56. The molecule has 2 aromatic heterocycles. The molecule has 0 aromatic carbocycles. The fourth-order valence-electron chi connectivity index (χ4n) is 1.43. The van der Waals surface area contributed by atoms with Crippen LogP contribution in [0, 0.1) is 6.92 Å². The van der Waals surface area contributed by atoms with Gasteiger partial charge in [0.25, 0.3) is 5.91 Å². The SMILES string of the molecule is CNC(=O)c1c(N)nsc1NCc1csc(C)n1. The molecule has 0 radical (unpaired) electrons. The topological polar surface area (TPSA) is 92.9 Å². The van der Waals surface area contributed by atoms with Gasteiger partial charge in [0.15, 0.2) is 5.82 Å². The number of carbonyl (C=O) groups excluding carboxylic acids is 1. The highest BCUT2D eigenvalue weighted by molar-refractivity contribution is 7.11. The maximum Gasteiger partial charge on any atom is 0.257 e. The van der Waals surface area contributed by atoms with Gasteiger partial charge in [-0.15, -0.1) is 11.3 Å². The van der Waals surface area contributed by atoms with Crippen LogP contribution in [0.15, 0.2) is 5.38 Å². The smallest absolute Gasteiger partial charge is 0.257 e. The summed E-state index contributed by atoms with van der Waals surface area (Å²) < 4.78 is 3.98. The molecule has 0 spiro atoms. The lowest BCUT2D eigenvalue weighted by molar-refractivity contribution is 0.0965. The number of hydrogen-bond acceptors (Lipinski definition) is 7. The van der Waals surface area contributed by atoms with Crippen LogP contribution in [0.25, 0.3) is 0 Å². The summed E-state index contributed by atoms with van der Waals surface area (Å²) in [5.41, 5.74) is 7.01. The first kappa shape index (κ1) is 12.8. The predicted octanol–water partition coefficient (Wildman–Crippen LogP) is 1.46. The van der Waals surface area contributed by atoms with Crippen molar-refractivity contribution in [2.45, 2.75) is 13.5 Å². The number of nitrogens with two attached hydrogens (primary N) is 1. The Morgan fingerprint density at radius 2 is 2.33 bits per heavy atom. The van der Waals surface area contributed by atoms with Gasteiger partial charge in [-0.05, 0) is 18.5 Å². The lowest BCUT2D eigenvalue weighted by atomic mass is 10.3. The van der Waals surface area contributed by atoms with E-state index in [-0.39, 0.29) is 11.7 Å². The maximum absolute atomic E-state index is 11.7. The van der Waals surface area contributed by atoms with E-state index in [1.807, 2.05) is 12.3 Å². The summed E-state index contributed by atoms with van der Waals surface area (Å²) in [7, 11) is 1.56. The summed E-state index contributed by atoms with van der Waals surface area (Å²) in [6.07, 6.45) is 0. The molecule has 0 unspecified atom stereocenters. The van der Waals surface area contributed by atoms with Crippen LogP contribution in [0.4, 0.5) is 10.8 Å². The van der Waals surface area contributed by atoms with E-state index in [9.17, 15) is 4.79 Å². The van der Waals surface area contributed by atoms with Gasteiger partial charge in [0.05, 0.1) is 17.2 Å². The number of aryl methyl sites for hydroxylation is 1. The summed E-state index contributed by atoms with van der Waals surface area (Å²) in [6.45, 7) is 2.50. The highest BCUT2D eigenvalue weighted by Crippen LogP contribution is 2.27. The molecule has 0 fully saturated rings. The fourth-order valence-corrected chi connectivity index (χ4v) is 2.75. The van der Waals surface area contributed by atoms with Crippen LogP contribution in [-0.2, 0) is 6.54 Å². The molecule has 1 amide bonds. The molecule has 2 heterocycles. The number of hydrogen-bond donors (Lipinski definition) is 3. The summed E-state index contributed by atoms with van der Waals surface area (Å²) in [5.74, 6) is 0.00881. The molecule has 0 atom stereocenters. The number of nitrogens with one attached hydrogen (secondary N) is 2. The molecule has 8 heteroatoms. The Hall–Kier alpha value is -1.67. The van der Waals surface area contributed by atoms with E-state index in [0.29, 0.717) is 17.1 Å². The van der Waals surface area contributed by atoms with Crippen molar-refractivity contribution >= 4 is 39.6 Å². The van der Waals surface area contributed by atoms with Crippen molar-refractivity contribution < 1.29 is 4.79 Å². The molecule has 18 heavy (non-hydrogen) atoms. The van der Waals surface area contributed by atoms with Gasteiger partial charge < -0.3 is 16.4 Å². The molecule has 4 N–H and O–H groups in total. The van der Waals surface area contributed by atoms with E-state index in [1.165, 1.54) is 11.5 Å². The molecular weight excluding hydrogens is 270 g/mol. The van der Waals surface area contributed by atoms with Crippen molar-refractivity contribution in [2.75, 3.05) is 18.1 Å². The maximum atomic E-state index is 11.7. The van der Waals surface area contributed by atoms with E-state index < -0.39 is 0 Å². The van der Waals surface area contributed by atoms with Gasteiger partial charge in [0.1, 0.15) is 10.6 Å². The summed E-state index contributed by atoms with van der Waals surface area (Å²) >= 11 is 2.77. The van der Waals surface area contributed by atoms with Crippen LogP contribution in [0.3, 0.4) is 0 Å². The van der Waals surface area contributed by atoms with E-state index in [4.69, 9.17) is 5.73 Å². The van der Waals surface area contributed by atoms with Crippen LogP contribution in [0.2, 0.25) is 0 Å². The van der Waals surface area contributed by atoms with E-state index in [1.54, 1.807) is 18.4 Å². The van der Waals surface area contributed by atoms with Gasteiger partial charge in [0.2, 0.25) is 0 Å². The minimum absolute atomic E-state index is 0.238. The standard InChI is InChI=1S/C10H13N5OS2/c1-5-14-6(4-17-5)3-13-10-7(9(16)12-2)8(11)15-18-10/h4,13H,3H2,1-2H3,(H2,11,15)(H,12,16). The van der Waals surface area contributed by atoms with Crippen molar-refractivity contribution in [3.05, 3.63) is 21.6 Å². The summed E-state index contributed by atoms with van der Waals surface area (Å²) in [4.78, 5) is 16.0. The Morgan fingerprint density at radius 3 is 2.94 bits per heavy atom. The van der Waals surface area contributed by atoms with Gasteiger partial charge in [-0.1, -0.05) is 0 Å². The van der Waals surface area contributed by atoms with Gasteiger partial charge >= 0.3 is 0 Å². The Kier molecular flexibility index (Phi) is 3.78. The van der Waals surface area contributed by atoms with Gasteiger partial charge in [-0.25, -0.2) is 4.98 Å². The van der Waals surface area contributed by atoms with Gasteiger partial charge in [-0.2, -0.15) is 4.37 Å². The first-order chi connectivity index (χ1) is 8.61. The Bertz CT molecular complexity index is 562.